The van der Waals surface area contributed by atoms with Crippen molar-refractivity contribution in [2.75, 3.05) is 0 Å². The van der Waals surface area contributed by atoms with Gasteiger partial charge >= 0.3 is 40.0 Å². The van der Waals surface area contributed by atoms with Gasteiger partial charge in [0.05, 0.1) is 7.05 Å². The number of aromatic nitrogens is 2. The molecule has 1 aromatic rings. The van der Waals surface area contributed by atoms with Crippen LogP contribution in [0.1, 0.15) is 0 Å². The van der Waals surface area contributed by atoms with Gasteiger partial charge in [0.2, 0.25) is 0 Å². The molecule has 0 N–H and O–H groups in total. The number of nitrogens with zero attached hydrogens (tertiary/aromatic N) is 2. The molecule has 0 amide bonds. The normalized spacial score (nSPS) is 15.6. The van der Waals surface area contributed by atoms with Crippen molar-refractivity contribution in [3.05, 3.63) is 12.4 Å². The molecule has 0 fully saturated rings. The molecule has 0 saturated carbocycles. The van der Waals surface area contributed by atoms with Gasteiger partial charge in [-0.3, -0.25) is 0 Å². The number of hydrogen-bond acceptors (Lipinski definition) is 3. The number of rotatable bonds is 4. The smallest absolute Gasteiger partial charge is 0.302 e. The van der Waals surface area contributed by atoms with Gasteiger partial charge in [-0.05, 0) is 0 Å². The minimum atomic E-state index is -6.47. The summed E-state index contributed by atoms with van der Waals surface area (Å²) in [7, 11) is -5.78. The molecule has 0 aliphatic rings. The fraction of sp³-hybridized carbons (Fsp3) is 0.625. The molecule has 0 spiro atoms. The summed E-state index contributed by atoms with van der Waals surface area (Å²) in [6.45, 7) is 0. The van der Waals surface area contributed by atoms with E-state index in [-0.39, 0.29) is 10.8 Å². The number of alkyl halides is 9. The summed E-state index contributed by atoms with van der Waals surface area (Å²) in [6, 6.07) is -7.34. The van der Waals surface area contributed by atoms with E-state index in [0.717, 1.165) is 0 Å². The first-order chi connectivity index (χ1) is 10.0. The molecule has 0 aliphatic carbocycles. The molecule has 0 aromatic carbocycles. The first-order valence-electron chi connectivity index (χ1n) is 5.18. The molecule has 1 aromatic heterocycles. The minimum absolute atomic E-state index is 0.0273. The van der Waals surface area contributed by atoms with Crippen LogP contribution in [0.4, 0.5) is 39.5 Å². The molecule has 1 heterocycles. The van der Waals surface area contributed by atoms with E-state index in [1.165, 1.54) is 0 Å². The Bertz CT molecular complexity index is 676. The van der Waals surface area contributed by atoms with E-state index in [9.17, 15) is 47.9 Å². The number of imidazole rings is 1. The van der Waals surface area contributed by atoms with E-state index in [1.807, 2.05) is 0 Å². The second-order valence-corrected chi connectivity index (χ2v) is 5.57. The highest BCUT2D eigenvalue weighted by molar-refractivity contribution is 7.87. The van der Waals surface area contributed by atoms with Crippen LogP contribution >= 0.6 is 0 Å². The van der Waals surface area contributed by atoms with Gasteiger partial charge in [0, 0.05) is 0 Å². The molecule has 1 rings (SSSR count). The monoisotopic (exact) mass is 381 g/mol. The summed E-state index contributed by atoms with van der Waals surface area (Å²) in [5, 5.41) is 0. The third-order valence-electron chi connectivity index (χ3n) is 2.33. The predicted octanol–water partition coefficient (Wildman–Crippen LogP) is 1.99. The van der Waals surface area contributed by atoms with Crippen molar-refractivity contribution in [2.24, 2.45) is 7.05 Å². The third kappa shape index (κ3) is 3.64. The van der Waals surface area contributed by atoms with Crippen LogP contribution in [0.2, 0.25) is 0 Å². The van der Waals surface area contributed by atoms with E-state index < -0.39 is 44.6 Å². The van der Waals surface area contributed by atoms with E-state index in [0.29, 0.717) is 13.2 Å². The van der Waals surface area contributed by atoms with Crippen LogP contribution in [-0.4, -0.2) is 30.8 Å². The van der Waals surface area contributed by atoms with Gasteiger partial charge in [0.1, 0.15) is 12.4 Å². The molecular weight excluding hydrogens is 375 g/mol. The number of halogens is 9. The lowest BCUT2D eigenvalue weighted by Crippen LogP contribution is -2.45. The average molecular weight is 381 g/mol. The van der Waals surface area contributed by atoms with Crippen molar-refractivity contribution in [2.45, 2.75) is 23.9 Å². The van der Waals surface area contributed by atoms with Crippen molar-refractivity contribution < 1.29 is 56.7 Å². The Hall–Kier alpha value is -1.67. The van der Waals surface area contributed by atoms with Crippen molar-refractivity contribution in [3.8, 4) is 6.01 Å². The van der Waals surface area contributed by atoms with Crippen molar-refractivity contribution in [1.82, 2.24) is 4.57 Å². The Morgan fingerprint density at radius 2 is 1.61 bits per heavy atom. The molecule has 134 valence electrons. The van der Waals surface area contributed by atoms with E-state index in [4.69, 9.17) is 0 Å². The third-order valence-corrected chi connectivity index (χ3v) is 3.26. The molecule has 0 bridgehead atoms. The van der Waals surface area contributed by atoms with Crippen LogP contribution in [-0.2, 0) is 23.2 Å². The fourth-order valence-electron chi connectivity index (χ4n) is 1.25. The minimum Gasteiger partial charge on any atom is -0.302 e. The average Bonchev–Trinajstić information content (AvgIpc) is 2.67. The maximum absolute atomic E-state index is 13.5. The Morgan fingerprint density at radius 1 is 1.13 bits per heavy atom. The molecule has 15 heteroatoms. The summed E-state index contributed by atoms with van der Waals surface area (Å²) >= 11 is 0. The van der Waals surface area contributed by atoms with E-state index >= 15 is 0 Å². The predicted molar refractivity (Wildman–Crippen MR) is 52.4 cm³/mol. The van der Waals surface area contributed by atoms with Crippen LogP contribution < -0.4 is 8.75 Å². The Balaban J connectivity index is 3.39. The quantitative estimate of drug-likeness (QED) is 0.347. The Labute approximate surface area is 122 Å². The highest BCUT2D eigenvalue weighted by Gasteiger charge is 2.63. The van der Waals surface area contributed by atoms with Crippen molar-refractivity contribution in [3.63, 3.8) is 0 Å². The number of hydrogen-bond donors (Lipinski definition) is 0. The second-order valence-electron chi connectivity index (χ2n) is 4.04. The maximum Gasteiger partial charge on any atom is 0.534 e. The maximum atomic E-state index is 13.5. The van der Waals surface area contributed by atoms with Crippen LogP contribution in [0.25, 0.3) is 0 Å². The first kappa shape index (κ1) is 19.4. The summed E-state index contributed by atoms with van der Waals surface area (Å²) < 4.78 is 137. The van der Waals surface area contributed by atoms with Crippen LogP contribution in [0.5, 0.6) is 6.01 Å². The molecule has 0 radical (unpaired) electrons. The van der Waals surface area contributed by atoms with Gasteiger partial charge in [-0.2, -0.15) is 48.1 Å². The van der Waals surface area contributed by atoms with Crippen molar-refractivity contribution in [1.29, 1.82) is 0 Å². The van der Waals surface area contributed by atoms with Gasteiger partial charge in [-0.25, -0.2) is 4.39 Å². The van der Waals surface area contributed by atoms with Crippen LogP contribution in [0.15, 0.2) is 12.4 Å². The molecule has 5 nitrogen and oxygen atoms in total. The Kier molecular flexibility index (Phi) is 4.59. The molecule has 1 unspecified atom stereocenters. The standard InChI is InChI=1S/C8H6F9N2O3S/c1-18-2-3-19(7(13,14)4(9)6(10,11)12)5(18)22-23(20,21)8(15,16)17/h2-4H,1H3/q+1. The lowest BCUT2D eigenvalue weighted by molar-refractivity contribution is -0.674. The number of aryl methyl sites for hydroxylation is 1. The second kappa shape index (κ2) is 5.45. The van der Waals surface area contributed by atoms with Crippen molar-refractivity contribution >= 4 is 10.1 Å². The summed E-state index contributed by atoms with van der Waals surface area (Å²) in [6.07, 6.45) is -10.4. The summed E-state index contributed by atoms with van der Waals surface area (Å²) in [5.74, 6) is 0. The summed E-state index contributed by atoms with van der Waals surface area (Å²) in [4.78, 5) is 0. The van der Waals surface area contributed by atoms with Gasteiger partial charge in [-0.15, -0.1) is 4.57 Å². The molecular formula is C8H6F9N2O3S+. The molecule has 23 heavy (non-hydrogen) atoms. The lowest BCUT2D eigenvalue weighted by atomic mass is 10.3. The first-order valence-corrected chi connectivity index (χ1v) is 6.59. The molecule has 0 aliphatic heterocycles. The van der Waals surface area contributed by atoms with E-state index in [2.05, 4.69) is 4.18 Å². The topological polar surface area (TPSA) is 52.2 Å². The van der Waals surface area contributed by atoms with Gasteiger partial charge < -0.3 is 4.18 Å². The van der Waals surface area contributed by atoms with E-state index in [1.54, 1.807) is 0 Å². The van der Waals surface area contributed by atoms with Gasteiger partial charge in [0.15, 0.2) is 0 Å². The van der Waals surface area contributed by atoms with Gasteiger partial charge in [0.25, 0.3) is 0 Å². The highest BCUT2D eigenvalue weighted by atomic mass is 32.2. The van der Waals surface area contributed by atoms with Crippen LogP contribution in [0.3, 0.4) is 0 Å². The zero-order valence-electron chi connectivity index (χ0n) is 10.7. The Morgan fingerprint density at radius 3 is 2.00 bits per heavy atom. The molecule has 0 saturated heterocycles. The zero-order valence-corrected chi connectivity index (χ0v) is 11.5. The fourth-order valence-corrected chi connectivity index (χ4v) is 1.74. The van der Waals surface area contributed by atoms with Gasteiger partial charge in [-0.1, -0.05) is 0 Å². The SMILES string of the molecule is C[n+]1ccn(C(F)(F)C(F)C(F)(F)F)c1OS(=O)(=O)C(F)(F)F. The highest BCUT2D eigenvalue weighted by Crippen LogP contribution is 2.40. The lowest BCUT2D eigenvalue weighted by Gasteiger charge is -2.20. The zero-order chi connectivity index (χ0) is 18.4. The largest absolute Gasteiger partial charge is 0.534 e. The summed E-state index contributed by atoms with van der Waals surface area (Å²) in [5.41, 5.74) is -6.04. The van der Waals surface area contributed by atoms with Crippen LogP contribution in [0, 0.1) is 0 Å². The molecule has 1 atom stereocenters.